The normalized spacial score (nSPS) is 13.8. The fraction of sp³-hybridized carbons (Fsp3) is 0.682. The number of carbonyl (C=O) groups excluding carboxylic acids is 1. The van der Waals surface area contributed by atoms with E-state index in [1.807, 2.05) is 7.05 Å². The fourth-order valence-electron chi connectivity index (χ4n) is 3.99. The molecule has 29 heavy (non-hydrogen) atoms. The van der Waals surface area contributed by atoms with Crippen LogP contribution in [0.3, 0.4) is 0 Å². The number of nitrogens with zero attached hydrogens (tertiary/aromatic N) is 4. The first-order chi connectivity index (χ1) is 14.0. The number of rotatable bonds is 9. The molecule has 0 N–H and O–H groups in total. The standard InChI is InChI=1S/C22H34N4O2S/c1-5-8-13-24(4)19(27)15-26-18(14-25(6-2)7-3)23-21-20(22(26)28)16-11-9-10-12-17(16)29-21/h5-15H2,1-4H3. The smallest absolute Gasteiger partial charge is 0.263 e. The number of unbranched alkanes of at least 4 members (excludes halogenated alkanes) is 1. The molecule has 160 valence electrons. The molecule has 1 amide bonds. The van der Waals surface area contributed by atoms with Crippen LogP contribution < -0.4 is 5.56 Å². The summed E-state index contributed by atoms with van der Waals surface area (Å²) >= 11 is 1.68. The average molecular weight is 419 g/mol. The van der Waals surface area contributed by atoms with E-state index >= 15 is 0 Å². The lowest BCUT2D eigenvalue weighted by Crippen LogP contribution is -2.37. The largest absolute Gasteiger partial charge is 0.344 e. The zero-order chi connectivity index (χ0) is 21.0. The van der Waals surface area contributed by atoms with Crippen molar-refractivity contribution < 1.29 is 4.79 Å². The van der Waals surface area contributed by atoms with Crippen LogP contribution in [-0.2, 0) is 30.7 Å². The third kappa shape index (κ3) is 4.72. The molecule has 1 aliphatic rings. The van der Waals surface area contributed by atoms with Crippen LogP contribution in [0.1, 0.15) is 62.7 Å². The van der Waals surface area contributed by atoms with Crippen LogP contribution in [0.2, 0.25) is 0 Å². The summed E-state index contributed by atoms with van der Waals surface area (Å²) in [5, 5.41) is 0.761. The van der Waals surface area contributed by atoms with Gasteiger partial charge in [-0.25, -0.2) is 4.98 Å². The van der Waals surface area contributed by atoms with Gasteiger partial charge in [0.1, 0.15) is 17.2 Å². The number of amides is 1. The van der Waals surface area contributed by atoms with E-state index in [2.05, 4.69) is 25.7 Å². The van der Waals surface area contributed by atoms with Crippen LogP contribution in [0.4, 0.5) is 0 Å². The first-order valence-electron chi connectivity index (χ1n) is 11.0. The number of aromatic nitrogens is 2. The number of carbonyl (C=O) groups is 1. The number of likely N-dealkylation sites (N-methyl/N-ethyl adjacent to an activating group) is 1. The highest BCUT2D eigenvalue weighted by Gasteiger charge is 2.24. The zero-order valence-corrected chi connectivity index (χ0v) is 19.1. The van der Waals surface area contributed by atoms with Crippen molar-refractivity contribution >= 4 is 27.5 Å². The van der Waals surface area contributed by atoms with Crippen molar-refractivity contribution in [1.29, 1.82) is 0 Å². The first-order valence-corrected chi connectivity index (χ1v) is 11.8. The Labute approximate surface area is 177 Å². The molecule has 0 spiro atoms. The van der Waals surface area contributed by atoms with Crippen LogP contribution >= 0.6 is 11.3 Å². The van der Waals surface area contributed by atoms with Gasteiger partial charge in [0, 0.05) is 18.5 Å². The molecule has 3 rings (SSSR count). The SMILES string of the molecule is CCCCN(C)C(=O)Cn1c(CN(CC)CC)nc2sc3c(c2c1=O)CCCC3. The second kappa shape index (κ2) is 9.85. The Hall–Kier alpha value is -1.73. The van der Waals surface area contributed by atoms with Gasteiger partial charge in [0.05, 0.1) is 11.9 Å². The monoisotopic (exact) mass is 418 g/mol. The Morgan fingerprint density at radius 3 is 2.59 bits per heavy atom. The minimum absolute atomic E-state index is 0.0217. The van der Waals surface area contributed by atoms with Crippen molar-refractivity contribution in [3.8, 4) is 0 Å². The van der Waals surface area contributed by atoms with Gasteiger partial charge >= 0.3 is 0 Å². The van der Waals surface area contributed by atoms with Gasteiger partial charge in [-0.3, -0.25) is 19.1 Å². The fourth-order valence-corrected chi connectivity index (χ4v) is 5.26. The van der Waals surface area contributed by atoms with Crippen molar-refractivity contribution in [1.82, 2.24) is 19.4 Å². The van der Waals surface area contributed by atoms with Crippen molar-refractivity contribution in [3.63, 3.8) is 0 Å². The maximum absolute atomic E-state index is 13.6. The lowest BCUT2D eigenvalue weighted by molar-refractivity contribution is -0.130. The summed E-state index contributed by atoms with van der Waals surface area (Å²) in [4.78, 5) is 37.5. The topological polar surface area (TPSA) is 58.4 Å². The average Bonchev–Trinajstić information content (AvgIpc) is 3.10. The van der Waals surface area contributed by atoms with Gasteiger partial charge in [-0.1, -0.05) is 27.2 Å². The minimum Gasteiger partial charge on any atom is -0.344 e. The first kappa shape index (κ1) is 22.0. The molecule has 7 heteroatoms. The van der Waals surface area contributed by atoms with Gasteiger partial charge in [0.25, 0.3) is 5.56 Å². The van der Waals surface area contributed by atoms with E-state index in [-0.39, 0.29) is 18.0 Å². The number of hydrogen-bond donors (Lipinski definition) is 0. The van der Waals surface area contributed by atoms with Crippen LogP contribution in [0.15, 0.2) is 4.79 Å². The van der Waals surface area contributed by atoms with Crippen molar-refractivity contribution in [3.05, 3.63) is 26.6 Å². The highest BCUT2D eigenvalue weighted by atomic mass is 32.1. The Bertz CT molecular complexity index is 914. The minimum atomic E-state index is -0.0335. The third-order valence-electron chi connectivity index (χ3n) is 5.98. The van der Waals surface area contributed by atoms with E-state index in [1.54, 1.807) is 20.8 Å². The molecule has 0 saturated heterocycles. The number of fused-ring (bicyclic) bond motifs is 3. The van der Waals surface area contributed by atoms with E-state index in [9.17, 15) is 9.59 Å². The molecule has 2 aromatic heterocycles. The third-order valence-corrected chi connectivity index (χ3v) is 7.17. The highest BCUT2D eigenvalue weighted by Crippen LogP contribution is 2.33. The summed E-state index contributed by atoms with van der Waals surface area (Å²) in [6, 6.07) is 0. The lowest BCUT2D eigenvalue weighted by atomic mass is 9.97. The summed E-state index contributed by atoms with van der Waals surface area (Å²) in [5.41, 5.74) is 1.15. The second-order valence-corrected chi connectivity index (χ2v) is 9.02. The maximum Gasteiger partial charge on any atom is 0.263 e. The van der Waals surface area contributed by atoms with E-state index < -0.39 is 0 Å². The van der Waals surface area contributed by atoms with E-state index in [4.69, 9.17) is 4.98 Å². The molecular formula is C22H34N4O2S. The molecule has 0 bridgehead atoms. The molecule has 2 heterocycles. The molecule has 1 aliphatic carbocycles. The van der Waals surface area contributed by atoms with Crippen LogP contribution in [-0.4, -0.2) is 51.9 Å². The molecule has 0 aliphatic heterocycles. The van der Waals surface area contributed by atoms with Gasteiger partial charge in [-0.2, -0.15) is 0 Å². The molecule has 0 radical (unpaired) electrons. The number of hydrogen-bond acceptors (Lipinski definition) is 5. The summed E-state index contributed by atoms with van der Waals surface area (Å²) in [6.07, 6.45) is 6.31. The Morgan fingerprint density at radius 1 is 1.17 bits per heavy atom. The summed E-state index contributed by atoms with van der Waals surface area (Å²) in [6.45, 7) is 9.48. The van der Waals surface area contributed by atoms with Crippen LogP contribution in [0.25, 0.3) is 10.2 Å². The summed E-state index contributed by atoms with van der Waals surface area (Å²) < 4.78 is 1.65. The van der Waals surface area contributed by atoms with Gasteiger partial charge in [-0.05, 0) is 50.8 Å². The molecule has 0 aromatic carbocycles. The van der Waals surface area contributed by atoms with E-state index in [0.29, 0.717) is 12.4 Å². The molecule has 6 nitrogen and oxygen atoms in total. The van der Waals surface area contributed by atoms with Gasteiger partial charge < -0.3 is 4.90 Å². The number of thiophene rings is 1. The van der Waals surface area contributed by atoms with Gasteiger partial charge in [0.2, 0.25) is 5.91 Å². The van der Waals surface area contributed by atoms with Gasteiger partial charge in [0.15, 0.2) is 0 Å². The maximum atomic E-state index is 13.6. The Balaban J connectivity index is 2.04. The quantitative estimate of drug-likeness (QED) is 0.626. The van der Waals surface area contributed by atoms with Crippen LogP contribution in [0.5, 0.6) is 0 Å². The number of aryl methyl sites for hydroxylation is 2. The summed E-state index contributed by atoms with van der Waals surface area (Å²) in [5.74, 6) is 0.689. The molecule has 0 atom stereocenters. The Morgan fingerprint density at radius 2 is 1.90 bits per heavy atom. The molecule has 0 fully saturated rings. The lowest BCUT2D eigenvalue weighted by Gasteiger charge is -2.22. The second-order valence-electron chi connectivity index (χ2n) is 7.94. The molecule has 0 unspecified atom stereocenters. The zero-order valence-electron chi connectivity index (χ0n) is 18.3. The summed E-state index contributed by atoms with van der Waals surface area (Å²) in [7, 11) is 1.82. The van der Waals surface area contributed by atoms with E-state index in [1.165, 1.54) is 16.9 Å². The van der Waals surface area contributed by atoms with E-state index in [0.717, 1.165) is 62.0 Å². The predicted molar refractivity (Wildman–Crippen MR) is 120 cm³/mol. The molecular weight excluding hydrogens is 384 g/mol. The van der Waals surface area contributed by atoms with Gasteiger partial charge in [-0.15, -0.1) is 11.3 Å². The molecule has 0 saturated carbocycles. The van der Waals surface area contributed by atoms with Crippen molar-refractivity contribution in [2.45, 2.75) is 72.4 Å². The Kier molecular flexibility index (Phi) is 7.46. The molecule has 2 aromatic rings. The highest BCUT2D eigenvalue weighted by molar-refractivity contribution is 7.18. The van der Waals surface area contributed by atoms with Crippen molar-refractivity contribution in [2.24, 2.45) is 0 Å². The van der Waals surface area contributed by atoms with Crippen LogP contribution in [0, 0.1) is 0 Å². The van der Waals surface area contributed by atoms with Crippen molar-refractivity contribution in [2.75, 3.05) is 26.7 Å². The predicted octanol–water partition coefficient (Wildman–Crippen LogP) is 3.44.